The Morgan fingerprint density at radius 1 is 1.33 bits per heavy atom. The standard InChI is InChI=1S/C9H10ClNO3S/c1-15(13,14)11-8(9(10)12)7-5-3-2-4-6-7/h2-6,8,11H,1H3. The number of halogens is 1. The Morgan fingerprint density at radius 3 is 2.27 bits per heavy atom. The molecule has 0 heterocycles. The quantitative estimate of drug-likeness (QED) is 0.809. The van der Waals surface area contributed by atoms with Crippen molar-refractivity contribution >= 4 is 26.9 Å². The van der Waals surface area contributed by atoms with Gasteiger partial charge < -0.3 is 0 Å². The molecular formula is C9H10ClNO3S. The van der Waals surface area contributed by atoms with Crippen LogP contribution in [0.3, 0.4) is 0 Å². The van der Waals surface area contributed by atoms with Crippen LogP contribution in [0.5, 0.6) is 0 Å². The van der Waals surface area contributed by atoms with E-state index in [0.29, 0.717) is 5.56 Å². The van der Waals surface area contributed by atoms with Crippen molar-refractivity contribution in [3.05, 3.63) is 35.9 Å². The van der Waals surface area contributed by atoms with Crippen molar-refractivity contribution in [3.63, 3.8) is 0 Å². The normalized spacial score (nSPS) is 13.5. The summed E-state index contributed by atoms with van der Waals surface area (Å²) in [6.07, 6.45) is 0.975. The van der Waals surface area contributed by atoms with Crippen LogP contribution in [0, 0.1) is 0 Å². The summed E-state index contributed by atoms with van der Waals surface area (Å²) in [6, 6.07) is 7.40. The SMILES string of the molecule is CS(=O)(=O)NC(C(=O)Cl)c1ccccc1. The van der Waals surface area contributed by atoms with Crippen molar-refractivity contribution in [2.75, 3.05) is 6.26 Å². The first kappa shape index (κ1) is 12.2. The molecule has 0 aliphatic rings. The maximum Gasteiger partial charge on any atom is 0.244 e. The first-order valence-electron chi connectivity index (χ1n) is 4.12. The van der Waals surface area contributed by atoms with Gasteiger partial charge in [0.05, 0.1) is 6.26 Å². The molecule has 1 atom stereocenters. The van der Waals surface area contributed by atoms with Gasteiger partial charge in [-0.3, -0.25) is 4.79 Å². The van der Waals surface area contributed by atoms with E-state index < -0.39 is 21.3 Å². The Hall–Kier alpha value is -0.910. The van der Waals surface area contributed by atoms with Crippen LogP contribution in [0.25, 0.3) is 0 Å². The maximum atomic E-state index is 11.1. The zero-order valence-corrected chi connectivity index (χ0v) is 9.55. The average Bonchev–Trinajstić information content (AvgIpc) is 2.14. The van der Waals surface area contributed by atoms with Gasteiger partial charge in [-0.05, 0) is 17.2 Å². The minimum absolute atomic E-state index is 0.517. The lowest BCUT2D eigenvalue weighted by molar-refractivity contribution is -0.113. The molecule has 1 N–H and O–H groups in total. The van der Waals surface area contributed by atoms with E-state index in [1.807, 2.05) is 0 Å². The first-order valence-corrected chi connectivity index (χ1v) is 6.38. The van der Waals surface area contributed by atoms with E-state index in [9.17, 15) is 13.2 Å². The topological polar surface area (TPSA) is 63.2 Å². The largest absolute Gasteiger partial charge is 0.279 e. The van der Waals surface area contributed by atoms with Gasteiger partial charge in [0.25, 0.3) is 0 Å². The van der Waals surface area contributed by atoms with Crippen molar-refractivity contribution < 1.29 is 13.2 Å². The minimum Gasteiger partial charge on any atom is -0.279 e. The van der Waals surface area contributed by atoms with Crippen LogP contribution in [0.15, 0.2) is 30.3 Å². The summed E-state index contributed by atoms with van der Waals surface area (Å²) >= 11 is 5.32. The molecule has 0 aliphatic carbocycles. The summed E-state index contributed by atoms with van der Waals surface area (Å²) in [6.45, 7) is 0. The minimum atomic E-state index is -3.47. The lowest BCUT2D eigenvalue weighted by atomic mass is 10.1. The van der Waals surface area contributed by atoms with Gasteiger partial charge in [0.1, 0.15) is 6.04 Å². The molecule has 15 heavy (non-hydrogen) atoms. The van der Waals surface area contributed by atoms with E-state index in [1.54, 1.807) is 30.3 Å². The third kappa shape index (κ3) is 3.99. The predicted octanol–water partition coefficient (Wildman–Crippen LogP) is 1.04. The molecular weight excluding hydrogens is 238 g/mol. The Bertz CT molecular complexity index is 444. The number of carbonyl (C=O) groups is 1. The Morgan fingerprint density at radius 2 is 1.87 bits per heavy atom. The molecule has 0 fully saturated rings. The summed E-state index contributed by atoms with van der Waals surface area (Å²) in [5, 5.41) is -0.758. The summed E-state index contributed by atoms with van der Waals surface area (Å²) < 4.78 is 24.2. The maximum absolute atomic E-state index is 11.1. The molecule has 1 aromatic carbocycles. The van der Waals surface area contributed by atoms with E-state index in [4.69, 9.17) is 11.6 Å². The molecule has 1 unspecified atom stereocenters. The van der Waals surface area contributed by atoms with E-state index in [1.165, 1.54) is 0 Å². The molecule has 0 saturated carbocycles. The van der Waals surface area contributed by atoms with Gasteiger partial charge in [0.15, 0.2) is 0 Å². The number of hydrogen-bond acceptors (Lipinski definition) is 3. The predicted molar refractivity (Wildman–Crippen MR) is 58.0 cm³/mol. The molecule has 0 radical (unpaired) electrons. The van der Waals surface area contributed by atoms with Gasteiger partial charge in [-0.1, -0.05) is 30.3 Å². The second-order valence-electron chi connectivity index (χ2n) is 3.04. The molecule has 0 spiro atoms. The van der Waals surface area contributed by atoms with Gasteiger partial charge in [-0.15, -0.1) is 0 Å². The monoisotopic (exact) mass is 247 g/mol. The highest BCUT2D eigenvalue weighted by Gasteiger charge is 2.21. The van der Waals surface area contributed by atoms with Crippen LogP contribution in [-0.4, -0.2) is 19.9 Å². The first-order chi connectivity index (χ1) is 6.90. The van der Waals surface area contributed by atoms with Crippen LogP contribution in [0.4, 0.5) is 0 Å². The van der Waals surface area contributed by atoms with Crippen LogP contribution >= 0.6 is 11.6 Å². The highest BCUT2D eigenvalue weighted by molar-refractivity contribution is 7.88. The lowest BCUT2D eigenvalue weighted by Gasteiger charge is -2.12. The van der Waals surface area contributed by atoms with Crippen molar-refractivity contribution in [3.8, 4) is 0 Å². The van der Waals surface area contributed by atoms with Crippen LogP contribution in [0.1, 0.15) is 11.6 Å². The van der Waals surface area contributed by atoms with E-state index >= 15 is 0 Å². The second kappa shape index (κ2) is 4.74. The van der Waals surface area contributed by atoms with Crippen LogP contribution < -0.4 is 4.72 Å². The highest BCUT2D eigenvalue weighted by atomic mass is 35.5. The van der Waals surface area contributed by atoms with Gasteiger partial charge in [-0.25, -0.2) is 8.42 Å². The number of hydrogen-bond donors (Lipinski definition) is 1. The van der Waals surface area contributed by atoms with Crippen molar-refractivity contribution in [2.24, 2.45) is 0 Å². The molecule has 0 bridgehead atoms. The molecule has 0 aromatic heterocycles. The number of rotatable bonds is 4. The number of sulfonamides is 1. The van der Waals surface area contributed by atoms with Gasteiger partial charge >= 0.3 is 0 Å². The molecule has 0 aliphatic heterocycles. The number of carbonyl (C=O) groups excluding carboxylic acids is 1. The Kier molecular flexibility index (Phi) is 3.84. The number of nitrogens with one attached hydrogen (secondary N) is 1. The van der Waals surface area contributed by atoms with Crippen molar-refractivity contribution in [2.45, 2.75) is 6.04 Å². The lowest BCUT2D eigenvalue weighted by Crippen LogP contribution is -2.31. The number of benzene rings is 1. The van der Waals surface area contributed by atoms with Crippen LogP contribution in [-0.2, 0) is 14.8 Å². The zero-order valence-electron chi connectivity index (χ0n) is 7.98. The molecule has 1 aromatic rings. The molecule has 0 saturated heterocycles. The Labute approximate surface area is 93.3 Å². The summed E-state index contributed by atoms with van der Waals surface area (Å²) in [5.41, 5.74) is 0.517. The van der Waals surface area contributed by atoms with E-state index in [2.05, 4.69) is 4.72 Å². The zero-order chi connectivity index (χ0) is 11.5. The molecule has 1 rings (SSSR count). The van der Waals surface area contributed by atoms with Gasteiger partial charge in [0.2, 0.25) is 15.3 Å². The fraction of sp³-hybridized carbons (Fsp3) is 0.222. The van der Waals surface area contributed by atoms with Gasteiger partial charge in [-0.2, -0.15) is 4.72 Å². The smallest absolute Gasteiger partial charge is 0.244 e. The van der Waals surface area contributed by atoms with Crippen LogP contribution in [0.2, 0.25) is 0 Å². The average molecular weight is 248 g/mol. The fourth-order valence-electron chi connectivity index (χ4n) is 1.10. The molecule has 0 amide bonds. The second-order valence-corrected chi connectivity index (χ2v) is 5.19. The van der Waals surface area contributed by atoms with Crippen molar-refractivity contribution in [1.29, 1.82) is 0 Å². The van der Waals surface area contributed by atoms with E-state index in [0.717, 1.165) is 6.26 Å². The summed E-state index contributed by atoms with van der Waals surface area (Å²) in [4.78, 5) is 11.1. The molecule has 82 valence electrons. The van der Waals surface area contributed by atoms with E-state index in [-0.39, 0.29) is 0 Å². The fourth-order valence-corrected chi connectivity index (χ4v) is 2.02. The molecule has 6 heteroatoms. The Balaban J connectivity index is 3.00. The third-order valence-corrected chi connectivity index (χ3v) is 2.57. The highest BCUT2D eigenvalue weighted by Crippen LogP contribution is 2.16. The van der Waals surface area contributed by atoms with Crippen molar-refractivity contribution in [1.82, 2.24) is 4.72 Å². The van der Waals surface area contributed by atoms with Gasteiger partial charge in [0, 0.05) is 0 Å². The molecule has 4 nitrogen and oxygen atoms in total. The summed E-state index contributed by atoms with van der Waals surface area (Å²) in [5.74, 6) is 0. The third-order valence-electron chi connectivity index (χ3n) is 1.69. The summed E-state index contributed by atoms with van der Waals surface area (Å²) in [7, 11) is -3.47.